The van der Waals surface area contributed by atoms with Gasteiger partial charge in [0.25, 0.3) is 0 Å². The van der Waals surface area contributed by atoms with Crippen molar-refractivity contribution in [1.82, 2.24) is 0 Å². The van der Waals surface area contributed by atoms with Crippen molar-refractivity contribution in [2.75, 3.05) is 13.3 Å². The molecule has 1 unspecified atom stereocenters. The van der Waals surface area contributed by atoms with Gasteiger partial charge in [-0.1, -0.05) is 96.5 Å². The van der Waals surface area contributed by atoms with Crippen LogP contribution in [0.5, 0.6) is 5.75 Å². The second-order valence-electron chi connectivity index (χ2n) is 9.65. The summed E-state index contributed by atoms with van der Waals surface area (Å²) in [6.07, 6.45) is 0. The maximum Gasteiger partial charge on any atom is 0.376 e. The number of aryl methyl sites for hydroxylation is 2. The zero-order valence-corrected chi connectivity index (χ0v) is 20.8. The molecule has 0 amide bonds. The molecule has 0 N–H and O–H groups in total. The van der Waals surface area contributed by atoms with E-state index >= 15 is 0 Å². The predicted octanol–water partition coefficient (Wildman–Crippen LogP) is 8.46. The molecular formula is C26H43O3P. The average Bonchev–Trinajstić information content (AvgIpc) is 2.55. The summed E-state index contributed by atoms with van der Waals surface area (Å²) in [7, 11) is -3.03. The van der Waals surface area contributed by atoms with Crippen LogP contribution in [0.25, 0.3) is 0 Å². The van der Waals surface area contributed by atoms with Gasteiger partial charge < -0.3 is 9.05 Å². The molecule has 2 rings (SSSR count). The topological polar surface area (TPSA) is 35.5 Å². The molecule has 0 bridgehead atoms. The summed E-state index contributed by atoms with van der Waals surface area (Å²) in [6.45, 7) is 20.9. The van der Waals surface area contributed by atoms with E-state index in [0.29, 0.717) is 12.4 Å². The van der Waals surface area contributed by atoms with Crippen LogP contribution in [0.4, 0.5) is 0 Å². The molecule has 0 heterocycles. The van der Waals surface area contributed by atoms with Crippen molar-refractivity contribution in [2.45, 2.75) is 80.6 Å². The van der Waals surface area contributed by atoms with Gasteiger partial charge in [-0.05, 0) is 43.2 Å². The lowest BCUT2D eigenvalue weighted by Gasteiger charge is -2.25. The molecule has 0 spiro atoms. The molecule has 0 fully saturated rings. The highest BCUT2D eigenvalue weighted by Crippen LogP contribution is 2.47. The van der Waals surface area contributed by atoms with Crippen LogP contribution < -0.4 is 4.52 Å². The molecule has 0 saturated carbocycles. The van der Waals surface area contributed by atoms with Crippen LogP contribution in [0.1, 0.15) is 78.1 Å². The van der Waals surface area contributed by atoms with E-state index in [-0.39, 0.29) is 18.3 Å². The van der Waals surface area contributed by atoms with Gasteiger partial charge >= 0.3 is 7.60 Å². The number of hydrogen-bond acceptors (Lipinski definition) is 3. The fourth-order valence-electron chi connectivity index (χ4n) is 2.86. The summed E-state index contributed by atoms with van der Waals surface area (Å²) in [5.74, 6) is 0.646. The van der Waals surface area contributed by atoms with E-state index in [2.05, 4.69) is 78.8 Å². The molecule has 30 heavy (non-hydrogen) atoms. The Bertz CT molecular complexity index is 842. The van der Waals surface area contributed by atoms with Crippen molar-refractivity contribution in [3.05, 3.63) is 64.7 Å². The summed E-state index contributed by atoms with van der Waals surface area (Å²) in [5, 5.41) is 0. The van der Waals surface area contributed by atoms with E-state index in [1.165, 1.54) is 17.8 Å². The molecular weight excluding hydrogens is 391 g/mol. The molecule has 3 nitrogen and oxygen atoms in total. The van der Waals surface area contributed by atoms with Gasteiger partial charge in [0, 0.05) is 12.2 Å². The summed E-state index contributed by atoms with van der Waals surface area (Å²) < 4.78 is 22.9. The molecule has 0 aliphatic rings. The Hall–Kier alpha value is -1.57. The lowest BCUT2D eigenvalue weighted by molar-refractivity contribution is 0.283. The first-order valence-electron chi connectivity index (χ1n) is 10.3. The molecule has 1 atom stereocenters. The number of benzene rings is 2. The average molecular weight is 435 g/mol. The lowest BCUT2D eigenvalue weighted by atomic mass is 9.85. The molecule has 0 saturated heterocycles. The molecule has 2 aromatic rings. The Labute approximate surface area is 185 Å². The van der Waals surface area contributed by atoms with Crippen LogP contribution in [0.2, 0.25) is 0 Å². The van der Waals surface area contributed by atoms with E-state index in [1.54, 1.807) is 6.92 Å². The third-order valence-electron chi connectivity index (χ3n) is 4.45. The molecule has 0 aliphatic heterocycles. The van der Waals surface area contributed by atoms with Crippen LogP contribution in [-0.2, 0) is 19.9 Å². The molecule has 0 radical (unpaired) electrons. The Morgan fingerprint density at radius 2 is 1.43 bits per heavy atom. The summed E-state index contributed by atoms with van der Waals surface area (Å²) >= 11 is 0. The Balaban J connectivity index is 0.000000603. The van der Waals surface area contributed by atoms with Crippen LogP contribution in [0.15, 0.2) is 42.5 Å². The monoisotopic (exact) mass is 434 g/mol. The van der Waals surface area contributed by atoms with Gasteiger partial charge in [-0.15, -0.1) is 0 Å². The SMILES string of the molecule is C.CCOP(C)(=O)Oc1ccc(C)cc1C(C)(C)C.Cc1cccc(C(C)(C)C)c1. The highest BCUT2D eigenvalue weighted by Gasteiger charge is 2.24. The van der Waals surface area contributed by atoms with Crippen molar-refractivity contribution in [2.24, 2.45) is 0 Å². The zero-order valence-electron chi connectivity index (χ0n) is 19.9. The minimum Gasteiger partial charge on any atom is -0.424 e. The maximum atomic E-state index is 12.1. The molecule has 0 aliphatic carbocycles. The van der Waals surface area contributed by atoms with Crippen LogP contribution in [0, 0.1) is 13.8 Å². The second kappa shape index (κ2) is 11.2. The fraction of sp³-hybridized carbons (Fsp3) is 0.538. The van der Waals surface area contributed by atoms with E-state index in [9.17, 15) is 4.57 Å². The third kappa shape index (κ3) is 9.49. The van der Waals surface area contributed by atoms with Crippen LogP contribution in [0.3, 0.4) is 0 Å². The first-order chi connectivity index (χ1) is 13.2. The largest absolute Gasteiger partial charge is 0.424 e. The van der Waals surface area contributed by atoms with Crippen LogP contribution in [-0.4, -0.2) is 13.3 Å². The number of hydrogen-bond donors (Lipinski definition) is 0. The minimum absolute atomic E-state index is 0. The summed E-state index contributed by atoms with van der Waals surface area (Å²) in [6, 6.07) is 14.6. The van der Waals surface area contributed by atoms with Crippen LogP contribution >= 0.6 is 7.60 Å². The smallest absolute Gasteiger partial charge is 0.376 e. The standard InChI is InChI=1S/C14H23O3P.C11H16.CH4/c1-7-16-18(6,15)17-13-9-8-11(2)10-12(13)14(3,4)5;1-9-6-5-7-10(8-9)11(2,3)4;/h8-10H,7H2,1-6H3;5-8H,1-4H3;1H4. The molecule has 2 aromatic carbocycles. The normalized spacial score (nSPS) is 13.4. The predicted molar refractivity (Wildman–Crippen MR) is 132 cm³/mol. The van der Waals surface area contributed by atoms with E-state index in [0.717, 1.165) is 11.1 Å². The van der Waals surface area contributed by atoms with Gasteiger partial charge in [-0.2, -0.15) is 0 Å². The molecule has 4 heteroatoms. The Kier molecular flexibility index (Phi) is 10.6. The van der Waals surface area contributed by atoms with Crippen molar-refractivity contribution in [1.29, 1.82) is 0 Å². The van der Waals surface area contributed by atoms with Crippen molar-refractivity contribution >= 4 is 7.60 Å². The highest BCUT2D eigenvalue weighted by atomic mass is 31.2. The van der Waals surface area contributed by atoms with Gasteiger partial charge in [0.05, 0.1) is 6.61 Å². The fourth-order valence-corrected chi connectivity index (χ4v) is 3.90. The van der Waals surface area contributed by atoms with Gasteiger partial charge in [-0.25, -0.2) is 4.57 Å². The quantitative estimate of drug-likeness (QED) is 0.453. The van der Waals surface area contributed by atoms with E-state index in [1.807, 2.05) is 19.1 Å². The second-order valence-corrected chi connectivity index (χ2v) is 11.6. The zero-order chi connectivity index (χ0) is 22.5. The first kappa shape index (κ1) is 28.4. The summed E-state index contributed by atoms with van der Waals surface area (Å²) in [4.78, 5) is 0. The summed E-state index contributed by atoms with van der Waals surface area (Å²) in [5.41, 5.74) is 5.19. The Morgan fingerprint density at radius 1 is 0.867 bits per heavy atom. The molecule has 170 valence electrons. The molecule has 0 aromatic heterocycles. The first-order valence-corrected chi connectivity index (χ1v) is 12.2. The number of rotatable bonds is 4. The van der Waals surface area contributed by atoms with Crippen molar-refractivity contribution in [3.8, 4) is 5.75 Å². The Morgan fingerprint density at radius 3 is 1.87 bits per heavy atom. The van der Waals surface area contributed by atoms with Gasteiger partial charge in [0.1, 0.15) is 5.75 Å². The van der Waals surface area contributed by atoms with Crippen molar-refractivity contribution in [3.63, 3.8) is 0 Å². The van der Waals surface area contributed by atoms with E-state index < -0.39 is 7.60 Å². The highest BCUT2D eigenvalue weighted by molar-refractivity contribution is 7.53. The van der Waals surface area contributed by atoms with Gasteiger partial charge in [0.15, 0.2) is 0 Å². The van der Waals surface area contributed by atoms with Gasteiger partial charge in [0.2, 0.25) is 0 Å². The van der Waals surface area contributed by atoms with Gasteiger partial charge in [-0.3, -0.25) is 0 Å². The maximum absolute atomic E-state index is 12.1. The van der Waals surface area contributed by atoms with Crippen molar-refractivity contribution < 1.29 is 13.6 Å². The lowest BCUT2D eigenvalue weighted by Crippen LogP contribution is -2.13. The van der Waals surface area contributed by atoms with E-state index in [4.69, 9.17) is 9.05 Å². The minimum atomic E-state index is -3.03. The third-order valence-corrected chi connectivity index (χ3v) is 5.71.